The zero-order valence-corrected chi connectivity index (χ0v) is 12.5. The molecule has 0 aromatic carbocycles. The van der Waals surface area contributed by atoms with E-state index in [9.17, 15) is 4.79 Å². The molecule has 1 aliphatic heterocycles. The van der Waals surface area contributed by atoms with E-state index in [0.29, 0.717) is 12.6 Å². The van der Waals surface area contributed by atoms with Crippen LogP contribution in [-0.4, -0.2) is 36.6 Å². The normalized spacial score (nSPS) is 20.6. The monoisotopic (exact) mass is 276 g/mol. The van der Waals surface area contributed by atoms with Crippen molar-refractivity contribution in [3.05, 3.63) is 23.9 Å². The van der Waals surface area contributed by atoms with Crippen LogP contribution in [0.15, 0.2) is 18.3 Å². The van der Waals surface area contributed by atoms with Crippen molar-refractivity contribution in [1.29, 1.82) is 0 Å². The summed E-state index contributed by atoms with van der Waals surface area (Å²) in [6.45, 7) is 8.71. The van der Waals surface area contributed by atoms with Crippen LogP contribution in [0.1, 0.15) is 38.8 Å². The van der Waals surface area contributed by atoms with Crippen LogP contribution in [0.25, 0.3) is 0 Å². The lowest BCUT2D eigenvalue weighted by atomic mass is 10.1. The second-order valence-electron chi connectivity index (χ2n) is 5.14. The Bertz CT molecular complexity index is 463. The van der Waals surface area contributed by atoms with Crippen molar-refractivity contribution in [3.8, 4) is 0 Å². The molecule has 2 N–H and O–H groups in total. The van der Waals surface area contributed by atoms with Crippen LogP contribution in [0.3, 0.4) is 0 Å². The van der Waals surface area contributed by atoms with Gasteiger partial charge in [-0.05, 0) is 37.6 Å². The topological polar surface area (TPSA) is 57.3 Å². The quantitative estimate of drug-likeness (QED) is 0.855. The fraction of sp³-hybridized carbons (Fsp3) is 0.600. The second-order valence-corrected chi connectivity index (χ2v) is 5.14. The molecule has 0 saturated carbocycles. The number of carbonyl (C=O) groups excluding carboxylic acids is 1. The number of piperazine rings is 1. The molecule has 1 aliphatic rings. The molecule has 2 heterocycles. The smallest absolute Gasteiger partial charge is 0.242 e. The average molecular weight is 276 g/mol. The largest absolute Gasteiger partial charge is 0.353 e. The highest BCUT2D eigenvalue weighted by Gasteiger charge is 2.29. The maximum atomic E-state index is 11.9. The molecule has 20 heavy (non-hydrogen) atoms. The number of nitrogens with one attached hydrogen (secondary N) is 2. The zero-order valence-electron chi connectivity index (χ0n) is 12.5. The van der Waals surface area contributed by atoms with E-state index in [2.05, 4.69) is 40.4 Å². The summed E-state index contributed by atoms with van der Waals surface area (Å²) in [6, 6.07) is 4.30. The number of aromatic nitrogens is 1. The van der Waals surface area contributed by atoms with Gasteiger partial charge in [0.2, 0.25) is 5.91 Å². The van der Waals surface area contributed by atoms with E-state index in [0.717, 1.165) is 25.3 Å². The van der Waals surface area contributed by atoms with Crippen molar-refractivity contribution in [3.63, 3.8) is 0 Å². The van der Waals surface area contributed by atoms with Crippen molar-refractivity contribution in [2.24, 2.45) is 0 Å². The van der Waals surface area contributed by atoms with Gasteiger partial charge in [0.15, 0.2) is 0 Å². The number of amides is 1. The Morgan fingerprint density at radius 2 is 2.35 bits per heavy atom. The summed E-state index contributed by atoms with van der Waals surface area (Å²) in [4.78, 5) is 18.5. The zero-order chi connectivity index (χ0) is 14.5. The minimum Gasteiger partial charge on any atom is -0.353 e. The number of nitrogens with zero attached hydrogens (tertiary/aromatic N) is 2. The predicted molar refractivity (Wildman–Crippen MR) is 80.8 cm³/mol. The highest BCUT2D eigenvalue weighted by Crippen LogP contribution is 2.22. The molecule has 1 aromatic heterocycles. The van der Waals surface area contributed by atoms with Crippen LogP contribution >= 0.6 is 0 Å². The van der Waals surface area contributed by atoms with E-state index in [4.69, 9.17) is 0 Å². The Hall–Kier alpha value is -1.62. The Labute approximate surface area is 120 Å². The molecule has 1 saturated heterocycles. The lowest BCUT2D eigenvalue weighted by Crippen LogP contribution is -2.55. The average Bonchev–Trinajstić information content (AvgIpc) is 2.47. The first kappa shape index (κ1) is 14.8. The van der Waals surface area contributed by atoms with Crippen molar-refractivity contribution in [2.75, 3.05) is 24.5 Å². The van der Waals surface area contributed by atoms with Crippen LogP contribution in [0.4, 0.5) is 5.82 Å². The highest BCUT2D eigenvalue weighted by molar-refractivity contribution is 5.86. The third-order valence-corrected chi connectivity index (χ3v) is 3.79. The minimum absolute atomic E-state index is 0.102. The van der Waals surface area contributed by atoms with E-state index in [1.165, 1.54) is 5.56 Å². The van der Waals surface area contributed by atoms with Gasteiger partial charge in [-0.25, -0.2) is 4.98 Å². The van der Waals surface area contributed by atoms with Crippen molar-refractivity contribution in [1.82, 2.24) is 15.6 Å². The molecule has 110 valence electrons. The first-order valence-corrected chi connectivity index (χ1v) is 7.41. The van der Waals surface area contributed by atoms with Crippen molar-refractivity contribution >= 4 is 11.7 Å². The molecule has 5 heteroatoms. The molecule has 1 amide bonds. The van der Waals surface area contributed by atoms with Gasteiger partial charge < -0.3 is 15.5 Å². The molecular weight excluding hydrogens is 252 g/mol. The minimum atomic E-state index is -0.110. The van der Waals surface area contributed by atoms with Gasteiger partial charge in [0.05, 0.1) is 0 Å². The van der Waals surface area contributed by atoms with Gasteiger partial charge in [0.1, 0.15) is 11.9 Å². The molecular formula is C15H24N4O. The van der Waals surface area contributed by atoms with E-state index in [1.54, 1.807) is 0 Å². The Balaban J connectivity index is 2.23. The second kappa shape index (κ2) is 6.70. The number of pyridine rings is 1. The van der Waals surface area contributed by atoms with Crippen LogP contribution in [0.2, 0.25) is 0 Å². The molecule has 5 nitrogen and oxygen atoms in total. The molecule has 1 aromatic rings. The summed E-state index contributed by atoms with van der Waals surface area (Å²) in [5.41, 5.74) is 1.21. The van der Waals surface area contributed by atoms with E-state index < -0.39 is 0 Å². The number of carbonyl (C=O) groups is 1. The first-order valence-electron chi connectivity index (χ1n) is 7.41. The van der Waals surface area contributed by atoms with Crippen LogP contribution in [0, 0.1) is 0 Å². The maximum absolute atomic E-state index is 11.9. The molecule has 0 aliphatic carbocycles. The lowest BCUT2D eigenvalue weighted by Gasteiger charge is -2.35. The number of hydrogen-bond acceptors (Lipinski definition) is 4. The van der Waals surface area contributed by atoms with E-state index >= 15 is 0 Å². The molecule has 0 bridgehead atoms. The molecule has 0 radical (unpaired) electrons. The third kappa shape index (κ3) is 3.10. The molecule has 1 fully saturated rings. The van der Waals surface area contributed by atoms with Crippen LogP contribution in [0.5, 0.6) is 0 Å². The van der Waals surface area contributed by atoms with Crippen molar-refractivity contribution < 1.29 is 4.79 Å². The molecule has 2 atom stereocenters. The number of anilines is 1. The summed E-state index contributed by atoms with van der Waals surface area (Å²) in [5, 5.41) is 6.32. The Morgan fingerprint density at radius 1 is 1.55 bits per heavy atom. The predicted octanol–water partition coefficient (Wildman–Crippen LogP) is 1.47. The summed E-state index contributed by atoms with van der Waals surface area (Å²) < 4.78 is 0. The van der Waals surface area contributed by atoms with Crippen LogP contribution in [-0.2, 0) is 4.79 Å². The molecule has 2 unspecified atom stereocenters. The molecule has 2 rings (SSSR count). The van der Waals surface area contributed by atoms with Gasteiger partial charge >= 0.3 is 0 Å². The summed E-state index contributed by atoms with van der Waals surface area (Å²) >= 11 is 0. The highest BCUT2D eigenvalue weighted by atomic mass is 16.2. The third-order valence-electron chi connectivity index (χ3n) is 3.79. The van der Waals surface area contributed by atoms with Gasteiger partial charge in [-0.15, -0.1) is 0 Å². The SMILES string of the molecule is CCNC(C)c1ccnc(N2CCNC(=O)C2CC)c1. The van der Waals surface area contributed by atoms with Crippen LogP contribution < -0.4 is 15.5 Å². The summed E-state index contributed by atoms with van der Waals surface area (Å²) in [7, 11) is 0. The maximum Gasteiger partial charge on any atom is 0.242 e. The van der Waals surface area contributed by atoms with Gasteiger partial charge in [0, 0.05) is 25.3 Å². The summed E-state index contributed by atoms with van der Waals surface area (Å²) in [5.74, 6) is 1.000. The number of hydrogen-bond donors (Lipinski definition) is 2. The lowest BCUT2D eigenvalue weighted by molar-refractivity contribution is -0.123. The Kier molecular flexibility index (Phi) is 4.95. The standard InChI is InChI=1S/C15H24N4O/c1-4-13-15(20)18-8-9-19(13)14-10-12(6-7-17-14)11(3)16-5-2/h6-7,10-11,13,16H,4-5,8-9H2,1-3H3,(H,18,20). The fourth-order valence-corrected chi connectivity index (χ4v) is 2.68. The summed E-state index contributed by atoms with van der Waals surface area (Å²) in [6.07, 6.45) is 2.62. The number of rotatable bonds is 5. The van der Waals surface area contributed by atoms with E-state index in [-0.39, 0.29) is 11.9 Å². The van der Waals surface area contributed by atoms with E-state index in [1.807, 2.05) is 19.2 Å². The van der Waals surface area contributed by atoms with Gasteiger partial charge in [-0.3, -0.25) is 4.79 Å². The Morgan fingerprint density at radius 3 is 3.05 bits per heavy atom. The fourth-order valence-electron chi connectivity index (χ4n) is 2.68. The van der Waals surface area contributed by atoms with Crippen molar-refractivity contribution in [2.45, 2.75) is 39.3 Å². The van der Waals surface area contributed by atoms with Gasteiger partial charge in [0.25, 0.3) is 0 Å². The van der Waals surface area contributed by atoms with Gasteiger partial charge in [-0.2, -0.15) is 0 Å². The first-order chi connectivity index (χ1) is 9.67. The molecule has 0 spiro atoms. The van der Waals surface area contributed by atoms with Gasteiger partial charge in [-0.1, -0.05) is 13.8 Å².